The molecule has 0 fully saturated rings. The first-order valence-electron chi connectivity index (χ1n) is 3.81. The number of aromatic nitrogens is 2. The van der Waals surface area contributed by atoms with Crippen molar-refractivity contribution in [2.45, 2.75) is 12.5 Å². The summed E-state index contributed by atoms with van der Waals surface area (Å²) >= 11 is 0. The Hall–Kier alpha value is -1.49. The molecule has 0 aliphatic rings. The van der Waals surface area contributed by atoms with Gasteiger partial charge >= 0.3 is 5.97 Å². The molecule has 1 aromatic heterocycles. The van der Waals surface area contributed by atoms with Crippen molar-refractivity contribution < 1.29 is 9.53 Å². The first-order valence-corrected chi connectivity index (χ1v) is 3.81. The van der Waals surface area contributed by atoms with Crippen LogP contribution >= 0.6 is 0 Å². The van der Waals surface area contributed by atoms with Gasteiger partial charge in [0.15, 0.2) is 0 Å². The van der Waals surface area contributed by atoms with Crippen LogP contribution in [0.3, 0.4) is 0 Å². The predicted molar refractivity (Wildman–Crippen MR) is 45.6 cm³/mol. The summed E-state index contributed by atoms with van der Waals surface area (Å²) < 4.78 is 4.48. The van der Waals surface area contributed by atoms with Crippen molar-refractivity contribution >= 4 is 5.97 Å². The highest BCUT2D eigenvalue weighted by Gasteiger charge is 2.11. The Morgan fingerprint density at radius 3 is 2.77 bits per heavy atom. The molecule has 0 aliphatic carbocycles. The number of ether oxygens (including phenoxy) is 1. The van der Waals surface area contributed by atoms with Crippen LogP contribution in [-0.2, 0) is 9.53 Å². The Labute approximate surface area is 75.9 Å². The van der Waals surface area contributed by atoms with Gasteiger partial charge in [-0.1, -0.05) is 0 Å². The van der Waals surface area contributed by atoms with Crippen molar-refractivity contribution in [1.29, 1.82) is 0 Å². The minimum atomic E-state index is -0.395. The van der Waals surface area contributed by atoms with Crippen molar-refractivity contribution in [3.63, 3.8) is 0 Å². The molecule has 1 atom stereocenters. The summed E-state index contributed by atoms with van der Waals surface area (Å²) in [7, 11) is 1.33. The molecule has 0 saturated carbocycles. The summed E-state index contributed by atoms with van der Waals surface area (Å²) in [6.07, 6.45) is 4.72. The predicted octanol–water partition coefficient (Wildman–Crippen LogP) is 0.0395. The van der Waals surface area contributed by atoms with E-state index in [0.717, 1.165) is 5.56 Å². The summed E-state index contributed by atoms with van der Waals surface area (Å²) in [5, 5.41) is 0. The zero-order chi connectivity index (χ0) is 9.68. The molecule has 1 heterocycles. The second-order valence-electron chi connectivity index (χ2n) is 2.56. The minimum absolute atomic E-state index is 0.143. The summed E-state index contributed by atoms with van der Waals surface area (Å²) in [4.78, 5) is 18.4. The van der Waals surface area contributed by atoms with E-state index in [-0.39, 0.29) is 12.4 Å². The van der Waals surface area contributed by atoms with E-state index in [4.69, 9.17) is 5.73 Å². The van der Waals surface area contributed by atoms with E-state index in [0.29, 0.717) is 0 Å². The number of carbonyl (C=O) groups excluding carboxylic acids is 1. The highest BCUT2D eigenvalue weighted by Crippen LogP contribution is 2.11. The third kappa shape index (κ3) is 2.79. The maximum absolute atomic E-state index is 10.9. The zero-order valence-electron chi connectivity index (χ0n) is 7.30. The van der Waals surface area contributed by atoms with Crippen LogP contribution in [0.25, 0.3) is 0 Å². The van der Waals surface area contributed by atoms with Crippen LogP contribution in [0.15, 0.2) is 18.7 Å². The molecular weight excluding hydrogens is 170 g/mol. The van der Waals surface area contributed by atoms with Gasteiger partial charge in [0, 0.05) is 24.0 Å². The van der Waals surface area contributed by atoms with Gasteiger partial charge < -0.3 is 10.5 Å². The van der Waals surface area contributed by atoms with Crippen LogP contribution < -0.4 is 5.73 Å². The molecule has 5 nitrogen and oxygen atoms in total. The highest BCUT2D eigenvalue weighted by molar-refractivity contribution is 5.70. The number of rotatable bonds is 3. The second kappa shape index (κ2) is 4.51. The van der Waals surface area contributed by atoms with E-state index in [2.05, 4.69) is 14.7 Å². The molecule has 1 rings (SSSR count). The third-order valence-corrected chi connectivity index (χ3v) is 1.62. The molecule has 0 aromatic carbocycles. The number of esters is 1. The summed E-state index contributed by atoms with van der Waals surface area (Å²) in [6, 6.07) is -0.395. The Kier molecular flexibility index (Phi) is 3.33. The number of nitrogens with zero attached hydrogens (tertiary/aromatic N) is 2. The van der Waals surface area contributed by atoms with Gasteiger partial charge in [0.2, 0.25) is 0 Å². The Balaban J connectivity index is 2.59. The second-order valence-corrected chi connectivity index (χ2v) is 2.56. The van der Waals surface area contributed by atoms with Crippen LogP contribution in [-0.4, -0.2) is 23.0 Å². The first-order chi connectivity index (χ1) is 6.24. The summed E-state index contributed by atoms with van der Waals surface area (Å²) in [6.45, 7) is 0. The van der Waals surface area contributed by atoms with Gasteiger partial charge in [0.1, 0.15) is 6.33 Å². The molecule has 5 heteroatoms. The summed E-state index contributed by atoms with van der Waals surface area (Å²) in [5.74, 6) is -0.337. The minimum Gasteiger partial charge on any atom is -0.469 e. The molecular formula is C8H11N3O2. The standard InChI is InChI=1S/C8H11N3O2/c1-13-8(12)2-7(9)6-3-10-5-11-4-6/h3-5,7H,2,9H2,1H3. The van der Waals surface area contributed by atoms with Crippen LogP contribution in [0.5, 0.6) is 0 Å². The molecule has 0 radical (unpaired) electrons. The topological polar surface area (TPSA) is 78.1 Å². The Bertz CT molecular complexity index is 276. The van der Waals surface area contributed by atoms with Crippen molar-refractivity contribution in [1.82, 2.24) is 9.97 Å². The van der Waals surface area contributed by atoms with Gasteiger partial charge in [-0.05, 0) is 0 Å². The number of nitrogens with two attached hydrogens (primary N) is 1. The van der Waals surface area contributed by atoms with Gasteiger partial charge in [-0.15, -0.1) is 0 Å². The zero-order valence-corrected chi connectivity index (χ0v) is 7.30. The lowest BCUT2D eigenvalue weighted by atomic mass is 10.1. The molecule has 70 valence electrons. The fourth-order valence-corrected chi connectivity index (χ4v) is 0.883. The average Bonchev–Trinajstić information content (AvgIpc) is 2.19. The monoisotopic (exact) mass is 181 g/mol. The SMILES string of the molecule is COC(=O)CC(N)c1cncnc1. The maximum atomic E-state index is 10.9. The quantitative estimate of drug-likeness (QED) is 0.666. The lowest BCUT2D eigenvalue weighted by Gasteiger charge is -2.08. The Morgan fingerprint density at radius 1 is 1.62 bits per heavy atom. The third-order valence-electron chi connectivity index (χ3n) is 1.62. The number of hydrogen-bond acceptors (Lipinski definition) is 5. The van der Waals surface area contributed by atoms with E-state index in [9.17, 15) is 4.79 Å². The summed E-state index contributed by atoms with van der Waals surface area (Å²) in [5.41, 5.74) is 6.42. The van der Waals surface area contributed by atoms with Gasteiger partial charge in [-0.25, -0.2) is 9.97 Å². The van der Waals surface area contributed by atoms with Crippen molar-refractivity contribution in [2.75, 3.05) is 7.11 Å². The van der Waals surface area contributed by atoms with Gasteiger partial charge in [-0.3, -0.25) is 4.79 Å². The van der Waals surface area contributed by atoms with E-state index >= 15 is 0 Å². The number of carbonyl (C=O) groups is 1. The number of methoxy groups -OCH3 is 1. The smallest absolute Gasteiger partial charge is 0.307 e. The van der Waals surface area contributed by atoms with E-state index in [1.807, 2.05) is 0 Å². The average molecular weight is 181 g/mol. The lowest BCUT2D eigenvalue weighted by molar-refractivity contribution is -0.141. The van der Waals surface area contributed by atoms with Crippen LogP contribution in [0.4, 0.5) is 0 Å². The van der Waals surface area contributed by atoms with E-state index < -0.39 is 6.04 Å². The lowest BCUT2D eigenvalue weighted by Crippen LogP contribution is -2.16. The highest BCUT2D eigenvalue weighted by atomic mass is 16.5. The molecule has 0 amide bonds. The molecule has 0 aliphatic heterocycles. The van der Waals surface area contributed by atoms with Crippen LogP contribution in [0, 0.1) is 0 Å². The van der Waals surface area contributed by atoms with Crippen molar-refractivity contribution in [3.8, 4) is 0 Å². The molecule has 13 heavy (non-hydrogen) atoms. The largest absolute Gasteiger partial charge is 0.469 e. The fraction of sp³-hybridized carbons (Fsp3) is 0.375. The Morgan fingerprint density at radius 2 is 2.23 bits per heavy atom. The van der Waals surface area contributed by atoms with Gasteiger partial charge in [-0.2, -0.15) is 0 Å². The fourth-order valence-electron chi connectivity index (χ4n) is 0.883. The first kappa shape index (κ1) is 9.60. The van der Waals surface area contributed by atoms with E-state index in [1.54, 1.807) is 12.4 Å². The molecule has 1 unspecified atom stereocenters. The molecule has 2 N–H and O–H groups in total. The van der Waals surface area contributed by atoms with Crippen molar-refractivity contribution in [3.05, 3.63) is 24.3 Å². The van der Waals surface area contributed by atoms with Crippen LogP contribution in [0.2, 0.25) is 0 Å². The van der Waals surface area contributed by atoms with Crippen LogP contribution in [0.1, 0.15) is 18.0 Å². The molecule has 1 aromatic rings. The van der Waals surface area contributed by atoms with Gasteiger partial charge in [0.25, 0.3) is 0 Å². The molecule has 0 spiro atoms. The number of hydrogen-bond donors (Lipinski definition) is 1. The molecule has 0 saturated heterocycles. The normalized spacial score (nSPS) is 12.2. The van der Waals surface area contributed by atoms with Gasteiger partial charge in [0.05, 0.1) is 13.5 Å². The van der Waals surface area contributed by atoms with Crippen molar-refractivity contribution in [2.24, 2.45) is 5.73 Å². The maximum Gasteiger partial charge on any atom is 0.307 e. The molecule has 0 bridgehead atoms. The van der Waals surface area contributed by atoms with E-state index in [1.165, 1.54) is 13.4 Å².